The van der Waals surface area contributed by atoms with Crippen LogP contribution < -0.4 is 14.2 Å². The molecule has 0 aliphatic rings. The van der Waals surface area contributed by atoms with E-state index in [-0.39, 0.29) is 18.3 Å². The number of benzene rings is 2. The molecule has 0 aliphatic carbocycles. The van der Waals surface area contributed by atoms with Crippen LogP contribution in [-0.2, 0) is 0 Å². The normalized spacial score (nSPS) is 10.3. The van der Waals surface area contributed by atoms with Gasteiger partial charge in [0.15, 0.2) is 23.1 Å². The lowest BCUT2D eigenvalue weighted by atomic mass is 10.1. The third-order valence-corrected chi connectivity index (χ3v) is 3.66. The minimum absolute atomic E-state index is 0.174. The number of hydrogen-bond acceptors (Lipinski definition) is 4. The lowest BCUT2D eigenvalue weighted by Gasteiger charge is -2.19. The molecule has 0 heterocycles. The highest BCUT2D eigenvalue weighted by Crippen LogP contribution is 2.29. The number of nitrogens with zero attached hydrogens (tertiary/aromatic N) is 1. The summed E-state index contributed by atoms with van der Waals surface area (Å²) >= 11 is 0. The van der Waals surface area contributed by atoms with Crippen LogP contribution in [0.15, 0.2) is 42.5 Å². The molecule has 0 atom stereocenters. The number of ether oxygens (including phenoxy) is 3. The predicted octanol–water partition coefficient (Wildman–Crippen LogP) is 3.77. The Morgan fingerprint density at radius 2 is 1.65 bits per heavy atom. The molecule has 26 heavy (non-hydrogen) atoms. The summed E-state index contributed by atoms with van der Waals surface area (Å²) in [5.41, 5.74) is 0.491. The molecular formula is C20H24FNO4. The summed E-state index contributed by atoms with van der Waals surface area (Å²) in [4.78, 5) is 14.1. The zero-order valence-electron chi connectivity index (χ0n) is 15.3. The van der Waals surface area contributed by atoms with E-state index >= 15 is 0 Å². The molecule has 6 heteroatoms. The van der Waals surface area contributed by atoms with Gasteiger partial charge in [-0.1, -0.05) is 12.1 Å². The lowest BCUT2D eigenvalue weighted by Crippen LogP contribution is -2.31. The number of likely N-dealkylation sites (N-methyl/N-ethyl adjacent to an activating group) is 1. The Morgan fingerprint density at radius 3 is 2.35 bits per heavy atom. The van der Waals surface area contributed by atoms with Gasteiger partial charge in [-0.3, -0.25) is 4.79 Å². The molecule has 0 N–H and O–H groups in total. The Kier molecular flexibility index (Phi) is 7.26. The zero-order chi connectivity index (χ0) is 18.9. The van der Waals surface area contributed by atoms with E-state index in [1.54, 1.807) is 43.4 Å². The highest BCUT2D eigenvalue weighted by Gasteiger charge is 2.15. The van der Waals surface area contributed by atoms with Gasteiger partial charge >= 0.3 is 0 Å². The molecule has 2 rings (SSSR count). The first kappa shape index (κ1) is 19.6. The fraction of sp³-hybridized carbons (Fsp3) is 0.350. The van der Waals surface area contributed by atoms with E-state index < -0.39 is 5.82 Å². The van der Waals surface area contributed by atoms with Crippen LogP contribution in [0.1, 0.15) is 24.2 Å². The van der Waals surface area contributed by atoms with E-state index in [2.05, 4.69) is 0 Å². The molecule has 1 amide bonds. The van der Waals surface area contributed by atoms with E-state index in [0.717, 1.165) is 0 Å². The van der Waals surface area contributed by atoms with Crippen molar-refractivity contribution in [3.63, 3.8) is 0 Å². The van der Waals surface area contributed by atoms with Crippen LogP contribution in [0.2, 0.25) is 0 Å². The van der Waals surface area contributed by atoms with Crippen molar-refractivity contribution in [2.45, 2.75) is 13.8 Å². The van der Waals surface area contributed by atoms with E-state index in [4.69, 9.17) is 14.2 Å². The first-order valence-electron chi connectivity index (χ1n) is 8.59. The van der Waals surface area contributed by atoms with Crippen LogP contribution in [0.5, 0.6) is 17.2 Å². The molecule has 0 saturated heterocycles. The number of amides is 1. The highest BCUT2D eigenvalue weighted by atomic mass is 19.1. The first-order chi connectivity index (χ1) is 12.6. The molecule has 0 bridgehead atoms. The number of carbonyl (C=O) groups is 1. The summed E-state index contributed by atoms with van der Waals surface area (Å²) in [6, 6.07) is 11.3. The maximum absolute atomic E-state index is 13.5. The smallest absolute Gasteiger partial charge is 0.253 e. The van der Waals surface area contributed by atoms with Crippen molar-refractivity contribution in [2.75, 3.05) is 33.4 Å². The Labute approximate surface area is 153 Å². The van der Waals surface area contributed by atoms with E-state index in [0.29, 0.717) is 36.8 Å². The average molecular weight is 361 g/mol. The molecule has 0 fully saturated rings. The molecule has 140 valence electrons. The van der Waals surface area contributed by atoms with Crippen LogP contribution in [0.4, 0.5) is 4.39 Å². The van der Waals surface area contributed by atoms with Crippen molar-refractivity contribution in [3.05, 3.63) is 53.8 Å². The monoisotopic (exact) mass is 361 g/mol. The Bertz CT molecular complexity index is 736. The van der Waals surface area contributed by atoms with Gasteiger partial charge in [-0.05, 0) is 44.2 Å². The van der Waals surface area contributed by atoms with Gasteiger partial charge in [0.25, 0.3) is 5.91 Å². The number of halogens is 1. The molecule has 0 aliphatic heterocycles. The average Bonchev–Trinajstić information content (AvgIpc) is 2.64. The third-order valence-electron chi connectivity index (χ3n) is 3.66. The van der Waals surface area contributed by atoms with Crippen LogP contribution in [0, 0.1) is 5.82 Å². The van der Waals surface area contributed by atoms with Crippen LogP contribution in [0.25, 0.3) is 0 Å². The predicted molar refractivity (Wildman–Crippen MR) is 97.6 cm³/mol. The minimum atomic E-state index is -0.422. The third kappa shape index (κ3) is 5.12. The van der Waals surface area contributed by atoms with E-state index in [9.17, 15) is 9.18 Å². The van der Waals surface area contributed by atoms with Crippen molar-refractivity contribution in [1.29, 1.82) is 0 Å². The number of carbonyl (C=O) groups excluding carboxylic acids is 1. The van der Waals surface area contributed by atoms with Gasteiger partial charge < -0.3 is 19.1 Å². The summed E-state index contributed by atoms with van der Waals surface area (Å²) in [6.07, 6.45) is 0. The molecule has 2 aromatic carbocycles. The van der Waals surface area contributed by atoms with Crippen LogP contribution >= 0.6 is 0 Å². The van der Waals surface area contributed by atoms with Crippen LogP contribution in [0.3, 0.4) is 0 Å². The molecule has 0 radical (unpaired) electrons. The van der Waals surface area contributed by atoms with Crippen molar-refractivity contribution >= 4 is 5.91 Å². The van der Waals surface area contributed by atoms with Gasteiger partial charge in [-0.2, -0.15) is 0 Å². The first-order valence-corrected chi connectivity index (χ1v) is 8.59. The fourth-order valence-electron chi connectivity index (χ4n) is 2.36. The van der Waals surface area contributed by atoms with Gasteiger partial charge in [0.1, 0.15) is 6.61 Å². The quantitative estimate of drug-likeness (QED) is 0.682. The molecule has 2 aromatic rings. The maximum Gasteiger partial charge on any atom is 0.253 e. The lowest BCUT2D eigenvalue weighted by molar-refractivity contribution is 0.0772. The summed E-state index contributed by atoms with van der Waals surface area (Å²) in [7, 11) is 1.67. The summed E-state index contributed by atoms with van der Waals surface area (Å²) in [6.45, 7) is 5.27. The second-order valence-electron chi connectivity index (χ2n) is 5.53. The second kappa shape index (κ2) is 9.65. The van der Waals surface area contributed by atoms with Crippen LogP contribution in [-0.4, -0.2) is 44.2 Å². The topological polar surface area (TPSA) is 48.0 Å². The number of para-hydroxylation sites is 1. The van der Waals surface area contributed by atoms with Gasteiger partial charge in [0, 0.05) is 12.6 Å². The summed E-state index contributed by atoms with van der Waals surface area (Å²) in [5.74, 6) is 0.723. The maximum atomic E-state index is 13.5. The van der Waals surface area contributed by atoms with E-state index in [1.807, 2.05) is 13.8 Å². The highest BCUT2D eigenvalue weighted by molar-refractivity contribution is 5.94. The standard InChI is InChI=1S/C20H24FNO4/c1-4-24-18-11-10-15(14-19(18)25-5-2)20(23)22(3)12-13-26-17-9-7-6-8-16(17)21/h6-11,14H,4-5,12-13H2,1-3H3. The van der Waals surface area contributed by atoms with Gasteiger partial charge in [-0.25, -0.2) is 4.39 Å². The van der Waals surface area contributed by atoms with Crippen molar-refractivity contribution < 1.29 is 23.4 Å². The van der Waals surface area contributed by atoms with Gasteiger partial charge in [-0.15, -0.1) is 0 Å². The van der Waals surface area contributed by atoms with E-state index in [1.165, 1.54) is 11.0 Å². The minimum Gasteiger partial charge on any atom is -0.490 e. The Hall–Kier alpha value is -2.76. The Morgan fingerprint density at radius 1 is 0.962 bits per heavy atom. The molecular weight excluding hydrogens is 337 g/mol. The largest absolute Gasteiger partial charge is 0.490 e. The van der Waals surface area contributed by atoms with Crippen molar-refractivity contribution in [2.24, 2.45) is 0 Å². The summed E-state index contributed by atoms with van der Waals surface area (Å²) < 4.78 is 30.0. The zero-order valence-corrected chi connectivity index (χ0v) is 15.3. The number of hydrogen-bond donors (Lipinski definition) is 0. The SMILES string of the molecule is CCOc1ccc(C(=O)N(C)CCOc2ccccc2F)cc1OCC. The van der Waals surface area contributed by atoms with Crippen molar-refractivity contribution in [3.8, 4) is 17.2 Å². The molecule has 5 nitrogen and oxygen atoms in total. The molecule has 0 saturated carbocycles. The molecule has 0 aromatic heterocycles. The van der Waals surface area contributed by atoms with Gasteiger partial charge in [0.05, 0.1) is 19.8 Å². The summed E-state index contributed by atoms with van der Waals surface area (Å²) in [5, 5.41) is 0. The molecule has 0 unspecified atom stereocenters. The van der Waals surface area contributed by atoms with Crippen molar-refractivity contribution in [1.82, 2.24) is 4.90 Å². The fourth-order valence-corrected chi connectivity index (χ4v) is 2.36. The van der Waals surface area contributed by atoms with Gasteiger partial charge in [0.2, 0.25) is 0 Å². The molecule has 0 spiro atoms. The second-order valence-corrected chi connectivity index (χ2v) is 5.53. The number of rotatable bonds is 9. The Balaban J connectivity index is 1.98.